The topological polar surface area (TPSA) is 69.6 Å². The summed E-state index contributed by atoms with van der Waals surface area (Å²) in [6.45, 7) is 1.95. The quantitative estimate of drug-likeness (QED) is 0.870. The van der Waals surface area contributed by atoms with E-state index >= 15 is 0 Å². The number of hydrogen-bond acceptors (Lipinski definition) is 5. The highest BCUT2D eigenvalue weighted by Crippen LogP contribution is 2.24. The zero-order valence-corrected chi connectivity index (χ0v) is 9.98. The molecule has 2 N–H and O–H groups in total. The highest BCUT2D eigenvalue weighted by molar-refractivity contribution is 7.99. The fourth-order valence-corrected chi connectivity index (χ4v) is 2.01. The van der Waals surface area contributed by atoms with Gasteiger partial charge in [-0.2, -0.15) is 5.10 Å². The van der Waals surface area contributed by atoms with Crippen LogP contribution in [0.3, 0.4) is 0 Å². The van der Waals surface area contributed by atoms with E-state index in [1.165, 1.54) is 18.1 Å². The summed E-state index contributed by atoms with van der Waals surface area (Å²) in [5, 5.41) is 5.70. The van der Waals surface area contributed by atoms with Crippen LogP contribution in [0.4, 0.5) is 0 Å². The standard InChI is InChI=1S/C10H13N5S/c1-7(11)8-3-4-12-9(5-8)16-10-13-6-14-15(10)2/h3-7H,11H2,1-2H3/t7-/m0/s1. The van der Waals surface area contributed by atoms with Crippen molar-refractivity contribution < 1.29 is 0 Å². The van der Waals surface area contributed by atoms with Gasteiger partial charge >= 0.3 is 0 Å². The van der Waals surface area contributed by atoms with Crippen LogP contribution in [-0.4, -0.2) is 19.7 Å². The van der Waals surface area contributed by atoms with E-state index in [9.17, 15) is 0 Å². The Kier molecular flexibility index (Phi) is 3.21. The fraction of sp³-hybridized carbons (Fsp3) is 0.300. The van der Waals surface area contributed by atoms with Gasteiger partial charge in [-0.3, -0.25) is 0 Å². The van der Waals surface area contributed by atoms with Gasteiger partial charge in [-0.25, -0.2) is 14.6 Å². The Morgan fingerprint density at radius 2 is 2.25 bits per heavy atom. The molecule has 0 aromatic carbocycles. The average Bonchev–Trinajstić information content (AvgIpc) is 2.65. The largest absolute Gasteiger partial charge is 0.324 e. The van der Waals surface area contributed by atoms with Crippen molar-refractivity contribution >= 4 is 11.8 Å². The molecule has 0 aliphatic carbocycles. The number of aromatic nitrogens is 4. The molecule has 1 atom stereocenters. The van der Waals surface area contributed by atoms with Crippen LogP contribution in [0.2, 0.25) is 0 Å². The Morgan fingerprint density at radius 1 is 1.44 bits per heavy atom. The third-order valence-corrected chi connectivity index (χ3v) is 3.14. The summed E-state index contributed by atoms with van der Waals surface area (Å²) in [4.78, 5) is 8.39. The Morgan fingerprint density at radius 3 is 2.88 bits per heavy atom. The van der Waals surface area contributed by atoms with Crippen molar-refractivity contribution in [2.75, 3.05) is 0 Å². The Bertz CT molecular complexity index is 480. The molecule has 2 rings (SSSR count). The highest BCUT2D eigenvalue weighted by Gasteiger charge is 2.06. The first kappa shape index (κ1) is 11.1. The lowest BCUT2D eigenvalue weighted by molar-refractivity contribution is 0.684. The van der Waals surface area contributed by atoms with Gasteiger partial charge in [0.2, 0.25) is 0 Å². The monoisotopic (exact) mass is 235 g/mol. The van der Waals surface area contributed by atoms with Gasteiger partial charge in [0.25, 0.3) is 0 Å². The molecule has 16 heavy (non-hydrogen) atoms. The molecule has 0 amide bonds. The summed E-state index contributed by atoms with van der Waals surface area (Å²) >= 11 is 1.48. The summed E-state index contributed by atoms with van der Waals surface area (Å²) in [6.07, 6.45) is 3.29. The van der Waals surface area contributed by atoms with E-state index in [1.807, 2.05) is 26.1 Å². The van der Waals surface area contributed by atoms with Crippen LogP contribution in [0.25, 0.3) is 0 Å². The van der Waals surface area contributed by atoms with E-state index in [0.717, 1.165) is 15.7 Å². The third kappa shape index (κ3) is 2.40. The molecule has 2 aromatic rings. The van der Waals surface area contributed by atoms with E-state index in [-0.39, 0.29) is 6.04 Å². The average molecular weight is 235 g/mol. The molecule has 2 aromatic heterocycles. The zero-order chi connectivity index (χ0) is 11.5. The second-order valence-electron chi connectivity index (χ2n) is 3.48. The van der Waals surface area contributed by atoms with Crippen molar-refractivity contribution in [2.45, 2.75) is 23.1 Å². The predicted octanol–water partition coefficient (Wildman–Crippen LogP) is 1.38. The third-order valence-electron chi connectivity index (χ3n) is 2.15. The molecule has 5 nitrogen and oxygen atoms in total. The molecule has 0 aliphatic rings. The van der Waals surface area contributed by atoms with Crippen LogP contribution >= 0.6 is 11.8 Å². The van der Waals surface area contributed by atoms with Crippen LogP contribution in [0.5, 0.6) is 0 Å². The van der Waals surface area contributed by atoms with Gasteiger partial charge in [0.05, 0.1) is 0 Å². The number of hydrogen-bond donors (Lipinski definition) is 1. The van der Waals surface area contributed by atoms with Gasteiger partial charge in [-0.15, -0.1) is 0 Å². The summed E-state index contributed by atoms with van der Waals surface area (Å²) in [5.41, 5.74) is 6.88. The van der Waals surface area contributed by atoms with Gasteiger partial charge < -0.3 is 5.73 Å². The maximum atomic E-state index is 5.82. The molecular weight excluding hydrogens is 222 g/mol. The normalized spacial score (nSPS) is 12.7. The van der Waals surface area contributed by atoms with Crippen LogP contribution in [0.15, 0.2) is 34.8 Å². The van der Waals surface area contributed by atoms with Crippen molar-refractivity contribution in [3.05, 3.63) is 30.2 Å². The lowest BCUT2D eigenvalue weighted by Gasteiger charge is -2.06. The first-order valence-corrected chi connectivity index (χ1v) is 5.72. The summed E-state index contributed by atoms with van der Waals surface area (Å²) in [7, 11) is 1.85. The fourth-order valence-electron chi connectivity index (χ4n) is 1.24. The minimum atomic E-state index is 0.0156. The lowest BCUT2D eigenvalue weighted by atomic mass is 10.1. The molecule has 0 saturated heterocycles. The number of nitrogens with two attached hydrogens (primary N) is 1. The van der Waals surface area contributed by atoms with Crippen molar-refractivity contribution in [3.8, 4) is 0 Å². The number of nitrogens with zero attached hydrogens (tertiary/aromatic N) is 4. The van der Waals surface area contributed by atoms with Crippen LogP contribution in [0.1, 0.15) is 18.5 Å². The molecule has 2 heterocycles. The Balaban J connectivity index is 2.22. The summed E-state index contributed by atoms with van der Waals surface area (Å²) in [5.74, 6) is 0. The van der Waals surface area contributed by atoms with Crippen molar-refractivity contribution in [1.82, 2.24) is 19.7 Å². The molecule has 0 fully saturated rings. The van der Waals surface area contributed by atoms with Gasteiger partial charge in [-0.1, -0.05) is 0 Å². The summed E-state index contributed by atoms with van der Waals surface area (Å²) < 4.78 is 1.71. The van der Waals surface area contributed by atoms with E-state index in [2.05, 4.69) is 15.1 Å². The second-order valence-corrected chi connectivity index (χ2v) is 4.47. The summed E-state index contributed by atoms with van der Waals surface area (Å²) in [6, 6.07) is 3.91. The van der Waals surface area contributed by atoms with Gasteiger partial charge in [0.15, 0.2) is 5.16 Å². The van der Waals surface area contributed by atoms with Gasteiger partial charge in [-0.05, 0) is 36.4 Å². The molecular formula is C10H13N5S. The van der Waals surface area contributed by atoms with E-state index in [0.29, 0.717) is 0 Å². The SMILES string of the molecule is C[C@H](N)c1ccnc(Sc2ncnn2C)c1. The van der Waals surface area contributed by atoms with Gasteiger partial charge in [0, 0.05) is 19.3 Å². The molecule has 0 aliphatic heterocycles. The van der Waals surface area contributed by atoms with E-state index in [1.54, 1.807) is 10.9 Å². The second kappa shape index (κ2) is 4.63. The molecule has 6 heteroatoms. The molecule has 0 bridgehead atoms. The lowest BCUT2D eigenvalue weighted by Crippen LogP contribution is -2.05. The Labute approximate surface area is 98.1 Å². The number of rotatable bonds is 3. The first-order chi connectivity index (χ1) is 7.66. The van der Waals surface area contributed by atoms with Crippen molar-refractivity contribution in [1.29, 1.82) is 0 Å². The number of pyridine rings is 1. The molecule has 0 unspecified atom stereocenters. The van der Waals surface area contributed by atoms with E-state index in [4.69, 9.17) is 5.73 Å². The van der Waals surface area contributed by atoms with Crippen molar-refractivity contribution in [2.24, 2.45) is 12.8 Å². The minimum absolute atomic E-state index is 0.0156. The Hall–Kier alpha value is -1.40. The maximum absolute atomic E-state index is 5.82. The molecule has 0 spiro atoms. The first-order valence-electron chi connectivity index (χ1n) is 4.90. The van der Waals surface area contributed by atoms with Crippen LogP contribution < -0.4 is 5.73 Å². The maximum Gasteiger partial charge on any atom is 0.192 e. The minimum Gasteiger partial charge on any atom is -0.324 e. The van der Waals surface area contributed by atoms with Crippen LogP contribution in [0, 0.1) is 0 Å². The van der Waals surface area contributed by atoms with Gasteiger partial charge in [0.1, 0.15) is 11.4 Å². The van der Waals surface area contributed by atoms with E-state index < -0.39 is 0 Å². The zero-order valence-electron chi connectivity index (χ0n) is 9.16. The molecule has 84 valence electrons. The predicted molar refractivity (Wildman–Crippen MR) is 62.0 cm³/mol. The molecule has 0 saturated carbocycles. The van der Waals surface area contributed by atoms with Crippen molar-refractivity contribution in [3.63, 3.8) is 0 Å². The molecule has 0 radical (unpaired) electrons. The number of aryl methyl sites for hydroxylation is 1. The van der Waals surface area contributed by atoms with Crippen LogP contribution in [-0.2, 0) is 7.05 Å². The highest BCUT2D eigenvalue weighted by atomic mass is 32.2. The smallest absolute Gasteiger partial charge is 0.192 e.